The molecule has 0 saturated heterocycles. The van der Waals surface area contributed by atoms with E-state index in [0.29, 0.717) is 10.0 Å². The van der Waals surface area contributed by atoms with Crippen LogP contribution < -0.4 is 0 Å². The van der Waals surface area contributed by atoms with Crippen molar-refractivity contribution in [3.8, 4) is 0 Å². The normalized spacial score (nSPS) is 11.1. The summed E-state index contributed by atoms with van der Waals surface area (Å²) >= 11 is 3.16. The second-order valence-electron chi connectivity index (χ2n) is 4.04. The molecule has 0 heterocycles. The van der Waals surface area contributed by atoms with Crippen LogP contribution in [0.15, 0.2) is 22.7 Å². The highest BCUT2D eigenvalue weighted by Crippen LogP contribution is 2.34. The summed E-state index contributed by atoms with van der Waals surface area (Å²) in [5, 5.41) is 11.0. The molecule has 92 valence electrons. The van der Waals surface area contributed by atoms with Crippen molar-refractivity contribution < 1.29 is 14.5 Å². The van der Waals surface area contributed by atoms with Crippen molar-refractivity contribution in [2.75, 3.05) is 7.11 Å². The maximum absolute atomic E-state index is 11.6. The fourth-order valence-corrected chi connectivity index (χ4v) is 1.90. The lowest BCUT2D eigenvalue weighted by Gasteiger charge is -2.21. The molecule has 0 radical (unpaired) electrons. The van der Waals surface area contributed by atoms with Crippen LogP contribution in [-0.2, 0) is 14.9 Å². The van der Waals surface area contributed by atoms with Crippen LogP contribution in [-0.4, -0.2) is 18.0 Å². The molecule has 0 saturated carbocycles. The van der Waals surface area contributed by atoms with Crippen LogP contribution in [0.25, 0.3) is 0 Å². The highest BCUT2D eigenvalue weighted by molar-refractivity contribution is 9.10. The summed E-state index contributed by atoms with van der Waals surface area (Å²) in [5.41, 5.74) is -0.829. The topological polar surface area (TPSA) is 69.4 Å². The Labute approximate surface area is 107 Å². The van der Waals surface area contributed by atoms with Gasteiger partial charge in [-0.25, -0.2) is 0 Å². The molecule has 0 unspecified atom stereocenters. The number of nitro benzene ring substituents is 1. The van der Waals surface area contributed by atoms with Crippen LogP contribution in [0.5, 0.6) is 0 Å². The Bertz CT molecular complexity index is 471. The number of nitrogens with zero attached hydrogens (tertiary/aromatic N) is 1. The lowest BCUT2D eigenvalue weighted by atomic mass is 9.83. The van der Waals surface area contributed by atoms with E-state index in [-0.39, 0.29) is 5.69 Å². The molecule has 1 aromatic carbocycles. The van der Waals surface area contributed by atoms with Crippen LogP contribution in [0.1, 0.15) is 19.4 Å². The highest BCUT2D eigenvalue weighted by Gasteiger charge is 2.36. The van der Waals surface area contributed by atoms with Gasteiger partial charge in [-0.1, -0.05) is 15.9 Å². The average molecular weight is 302 g/mol. The van der Waals surface area contributed by atoms with E-state index in [9.17, 15) is 14.9 Å². The predicted octanol–water partition coefficient (Wildman–Crippen LogP) is 2.81. The number of benzene rings is 1. The number of ether oxygens (including phenoxy) is 1. The summed E-state index contributed by atoms with van der Waals surface area (Å²) in [5.74, 6) is -0.511. The molecule has 0 amide bonds. The third kappa shape index (κ3) is 2.63. The Hall–Kier alpha value is -1.43. The summed E-state index contributed by atoms with van der Waals surface area (Å²) in [4.78, 5) is 22.1. The lowest BCUT2D eigenvalue weighted by Crippen LogP contribution is -2.31. The SMILES string of the molecule is COC(=O)C(C)(C)c1ccc(Br)cc1[N+](=O)[O-]. The number of carbonyl (C=O) groups is 1. The van der Waals surface area contributed by atoms with Crippen molar-refractivity contribution >= 4 is 27.6 Å². The molecule has 17 heavy (non-hydrogen) atoms. The van der Waals surface area contributed by atoms with Gasteiger partial charge in [-0.3, -0.25) is 14.9 Å². The summed E-state index contributed by atoms with van der Waals surface area (Å²) in [6, 6.07) is 4.59. The van der Waals surface area contributed by atoms with E-state index >= 15 is 0 Å². The first-order valence-electron chi connectivity index (χ1n) is 4.83. The van der Waals surface area contributed by atoms with Crippen molar-refractivity contribution in [3.63, 3.8) is 0 Å². The molecule has 1 rings (SSSR count). The van der Waals surface area contributed by atoms with Crippen molar-refractivity contribution in [1.29, 1.82) is 0 Å². The first-order chi connectivity index (χ1) is 7.80. The van der Waals surface area contributed by atoms with Crippen LogP contribution >= 0.6 is 15.9 Å². The number of methoxy groups -OCH3 is 1. The molecule has 0 aromatic heterocycles. The van der Waals surface area contributed by atoms with E-state index in [0.717, 1.165) is 0 Å². The van der Waals surface area contributed by atoms with Gasteiger partial charge < -0.3 is 4.74 Å². The Morgan fingerprint density at radius 2 is 2.06 bits per heavy atom. The summed E-state index contributed by atoms with van der Waals surface area (Å²) < 4.78 is 5.25. The van der Waals surface area contributed by atoms with E-state index in [4.69, 9.17) is 0 Å². The van der Waals surface area contributed by atoms with Gasteiger partial charge in [0.1, 0.15) is 0 Å². The van der Waals surface area contributed by atoms with Crippen molar-refractivity contribution in [2.45, 2.75) is 19.3 Å². The first kappa shape index (κ1) is 13.6. The van der Waals surface area contributed by atoms with E-state index < -0.39 is 16.3 Å². The fraction of sp³-hybridized carbons (Fsp3) is 0.364. The summed E-state index contributed by atoms with van der Waals surface area (Å²) in [6.45, 7) is 3.18. The number of hydrogen-bond acceptors (Lipinski definition) is 4. The molecular formula is C11H12BrNO4. The Morgan fingerprint density at radius 1 is 1.47 bits per heavy atom. The zero-order valence-corrected chi connectivity index (χ0v) is 11.3. The number of esters is 1. The zero-order chi connectivity index (χ0) is 13.2. The molecule has 0 aliphatic carbocycles. The minimum absolute atomic E-state index is 0.102. The quantitative estimate of drug-likeness (QED) is 0.489. The van der Waals surface area contributed by atoms with E-state index in [1.807, 2.05) is 0 Å². The van der Waals surface area contributed by atoms with E-state index in [2.05, 4.69) is 20.7 Å². The molecule has 0 spiro atoms. The van der Waals surface area contributed by atoms with Crippen molar-refractivity contribution in [2.24, 2.45) is 0 Å². The van der Waals surface area contributed by atoms with Crippen LogP contribution in [0, 0.1) is 10.1 Å². The predicted molar refractivity (Wildman–Crippen MR) is 65.8 cm³/mol. The largest absolute Gasteiger partial charge is 0.468 e. The third-order valence-electron chi connectivity index (χ3n) is 2.53. The van der Waals surface area contributed by atoms with Gasteiger partial charge in [0.25, 0.3) is 5.69 Å². The fourth-order valence-electron chi connectivity index (χ4n) is 1.55. The van der Waals surface area contributed by atoms with Gasteiger partial charge >= 0.3 is 5.97 Å². The second-order valence-corrected chi connectivity index (χ2v) is 4.95. The number of hydrogen-bond donors (Lipinski definition) is 0. The number of rotatable bonds is 3. The molecule has 5 nitrogen and oxygen atoms in total. The van der Waals surface area contributed by atoms with E-state index in [1.165, 1.54) is 13.2 Å². The third-order valence-corrected chi connectivity index (χ3v) is 3.02. The maximum Gasteiger partial charge on any atom is 0.315 e. The summed E-state index contributed by atoms with van der Waals surface area (Å²) in [6.07, 6.45) is 0. The Balaban J connectivity index is 3.40. The Kier molecular flexibility index (Phi) is 3.87. The standard InChI is InChI=1S/C11H12BrNO4/c1-11(2,10(14)17-3)8-5-4-7(12)6-9(8)13(15)16/h4-6H,1-3H3. The summed E-state index contributed by atoms with van der Waals surface area (Å²) in [7, 11) is 1.26. The van der Waals surface area contributed by atoms with Crippen LogP contribution in [0.2, 0.25) is 0 Å². The smallest absolute Gasteiger partial charge is 0.315 e. The second kappa shape index (κ2) is 4.83. The highest BCUT2D eigenvalue weighted by atomic mass is 79.9. The molecule has 0 atom stereocenters. The number of carbonyl (C=O) groups excluding carboxylic acids is 1. The monoisotopic (exact) mass is 301 g/mol. The zero-order valence-electron chi connectivity index (χ0n) is 9.69. The molecular weight excluding hydrogens is 290 g/mol. The maximum atomic E-state index is 11.6. The van der Waals surface area contributed by atoms with Crippen molar-refractivity contribution in [1.82, 2.24) is 0 Å². The van der Waals surface area contributed by atoms with E-state index in [1.54, 1.807) is 26.0 Å². The molecule has 1 aromatic rings. The minimum atomic E-state index is -1.06. The molecule has 0 aliphatic heterocycles. The number of halogens is 1. The van der Waals surface area contributed by atoms with Crippen molar-refractivity contribution in [3.05, 3.63) is 38.3 Å². The molecule has 0 bridgehead atoms. The van der Waals surface area contributed by atoms with Gasteiger partial charge in [-0.05, 0) is 26.0 Å². The van der Waals surface area contributed by atoms with Gasteiger partial charge in [-0.15, -0.1) is 0 Å². The molecule has 0 fully saturated rings. The molecule has 0 aliphatic rings. The minimum Gasteiger partial charge on any atom is -0.468 e. The number of nitro groups is 1. The molecule has 6 heteroatoms. The van der Waals surface area contributed by atoms with Crippen LogP contribution in [0.4, 0.5) is 5.69 Å². The lowest BCUT2D eigenvalue weighted by molar-refractivity contribution is -0.386. The van der Waals surface area contributed by atoms with Gasteiger partial charge in [0.15, 0.2) is 0 Å². The van der Waals surface area contributed by atoms with Gasteiger partial charge in [0.05, 0.1) is 17.4 Å². The van der Waals surface area contributed by atoms with Gasteiger partial charge in [0.2, 0.25) is 0 Å². The Morgan fingerprint density at radius 3 is 2.53 bits per heavy atom. The van der Waals surface area contributed by atoms with Gasteiger partial charge in [0, 0.05) is 16.1 Å². The average Bonchev–Trinajstić information content (AvgIpc) is 2.27. The molecule has 0 N–H and O–H groups in total. The first-order valence-corrected chi connectivity index (χ1v) is 5.63. The van der Waals surface area contributed by atoms with Crippen LogP contribution in [0.3, 0.4) is 0 Å². The van der Waals surface area contributed by atoms with Gasteiger partial charge in [-0.2, -0.15) is 0 Å².